The van der Waals surface area contributed by atoms with Gasteiger partial charge in [0.1, 0.15) is 5.75 Å². The molecule has 0 amide bonds. The Bertz CT molecular complexity index is 1210. The summed E-state index contributed by atoms with van der Waals surface area (Å²) in [6, 6.07) is 19.2. The highest BCUT2D eigenvalue weighted by atomic mass is 16.6. The Labute approximate surface area is 175 Å². The van der Waals surface area contributed by atoms with E-state index in [1.54, 1.807) is 60.2 Å². The lowest BCUT2D eigenvalue weighted by molar-refractivity contribution is -0.385. The summed E-state index contributed by atoms with van der Waals surface area (Å²) in [5.74, 6) is 1.36. The maximum atomic E-state index is 11.2. The van der Waals surface area contributed by atoms with Crippen LogP contribution >= 0.6 is 0 Å². The summed E-state index contributed by atoms with van der Waals surface area (Å²) in [6.07, 6.45) is 0. The number of ether oxygens (including phenoxy) is 1. The monoisotopic (exact) mass is 417 g/mol. The van der Waals surface area contributed by atoms with Crippen molar-refractivity contribution in [2.75, 3.05) is 7.11 Å². The smallest absolute Gasteiger partial charge is 0.270 e. The molecule has 10 nitrogen and oxygen atoms in total. The molecule has 0 radical (unpaired) electrons. The highest BCUT2D eigenvalue weighted by molar-refractivity contribution is 5.69. The van der Waals surface area contributed by atoms with E-state index in [9.17, 15) is 20.2 Å². The fraction of sp³-hybridized carbons (Fsp3) is 0.0476. The van der Waals surface area contributed by atoms with Gasteiger partial charge in [-0.15, -0.1) is 10.2 Å². The van der Waals surface area contributed by atoms with Gasteiger partial charge in [-0.2, -0.15) is 0 Å². The molecule has 0 spiro atoms. The predicted octanol–water partition coefficient (Wildman–Crippen LogP) is 4.43. The van der Waals surface area contributed by atoms with Gasteiger partial charge in [0.2, 0.25) is 0 Å². The van der Waals surface area contributed by atoms with Crippen LogP contribution in [-0.4, -0.2) is 31.7 Å². The molecule has 3 aromatic carbocycles. The topological polar surface area (TPSA) is 126 Å². The summed E-state index contributed by atoms with van der Waals surface area (Å²) in [6.45, 7) is 0. The number of methoxy groups -OCH3 is 1. The van der Waals surface area contributed by atoms with E-state index < -0.39 is 9.85 Å². The van der Waals surface area contributed by atoms with Crippen LogP contribution in [0.2, 0.25) is 0 Å². The van der Waals surface area contributed by atoms with Crippen LogP contribution in [0.25, 0.3) is 28.5 Å². The van der Waals surface area contributed by atoms with Gasteiger partial charge in [0, 0.05) is 41.1 Å². The van der Waals surface area contributed by atoms with Gasteiger partial charge in [-0.1, -0.05) is 24.3 Å². The third kappa shape index (κ3) is 3.81. The van der Waals surface area contributed by atoms with E-state index in [1.165, 1.54) is 24.3 Å². The van der Waals surface area contributed by atoms with Gasteiger partial charge < -0.3 is 4.74 Å². The Morgan fingerprint density at radius 3 is 1.68 bits per heavy atom. The van der Waals surface area contributed by atoms with E-state index in [1.807, 2.05) is 0 Å². The van der Waals surface area contributed by atoms with E-state index in [4.69, 9.17) is 4.74 Å². The van der Waals surface area contributed by atoms with Gasteiger partial charge in [0.15, 0.2) is 11.6 Å². The predicted molar refractivity (Wildman–Crippen MR) is 112 cm³/mol. The number of nitro groups is 2. The van der Waals surface area contributed by atoms with Crippen LogP contribution in [-0.2, 0) is 0 Å². The average molecular weight is 417 g/mol. The van der Waals surface area contributed by atoms with Crippen molar-refractivity contribution < 1.29 is 14.6 Å². The third-order valence-corrected chi connectivity index (χ3v) is 4.62. The van der Waals surface area contributed by atoms with Crippen molar-refractivity contribution >= 4 is 11.4 Å². The van der Waals surface area contributed by atoms with Gasteiger partial charge in [0.25, 0.3) is 11.4 Å². The largest absolute Gasteiger partial charge is 0.497 e. The SMILES string of the molecule is COc1ccc(-n2c(-c3cccc([N+](=O)[O-])c3)nnc2-c2cccc([N+](=O)[O-])c2)cc1. The first-order chi connectivity index (χ1) is 15.0. The third-order valence-electron chi connectivity index (χ3n) is 4.62. The zero-order chi connectivity index (χ0) is 22.0. The highest BCUT2D eigenvalue weighted by Gasteiger charge is 2.20. The van der Waals surface area contributed by atoms with Crippen molar-refractivity contribution in [3.63, 3.8) is 0 Å². The van der Waals surface area contributed by atoms with Gasteiger partial charge >= 0.3 is 0 Å². The van der Waals surface area contributed by atoms with Crippen molar-refractivity contribution in [2.45, 2.75) is 0 Å². The molecule has 0 aliphatic heterocycles. The second-order valence-electron chi connectivity index (χ2n) is 6.50. The summed E-state index contributed by atoms with van der Waals surface area (Å²) in [5.41, 5.74) is 1.45. The molecular weight excluding hydrogens is 402 g/mol. The van der Waals surface area contributed by atoms with E-state index in [2.05, 4.69) is 10.2 Å². The van der Waals surface area contributed by atoms with E-state index >= 15 is 0 Å². The van der Waals surface area contributed by atoms with Crippen LogP contribution in [0.15, 0.2) is 72.8 Å². The standard InChI is InChI=1S/C21H15N5O5/c1-31-19-10-8-16(9-11-19)24-20(14-4-2-6-17(12-14)25(27)28)22-23-21(24)15-5-3-7-18(13-15)26(29)30/h2-13H,1H3. The number of nitrogens with zero attached hydrogens (tertiary/aromatic N) is 5. The van der Waals surface area contributed by atoms with Crippen LogP contribution in [0.4, 0.5) is 11.4 Å². The first-order valence-electron chi connectivity index (χ1n) is 9.07. The number of aromatic nitrogens is 3. The number of benzene rings is 3. The zero-order valence-corrected chi connectivity index (χ0v) is 16.2. The minimum Gasteiger partial charge on any atom is -0.497 e. The Morgan fingerprint density at radius 2 is 1.26 bits per heavy atom. The maximum Gasteiger partial charge on any atom is 0.270 e. The van der Waals surface area contributed by atoms with Crippen LogP contribution < -0.4 is 4.74 Å². The molecule has 4 aromatic rings. The first kappa shape index (κ1) is 19.7. The van der Waals surface area contributed by atoms with Crippen molar-refractivity contribution in [2.24, 2.45) is 0 Å². The number of hydrogen-bond donors (Lipinski definition) is 0. The highest BCUT2D eigenvalue weighted by Crippen LogP contribution is 2.32. The summed E-state index contributed by atoms with van der Waals surface area (Å²) < 4.78 is 6.90. The summed E-state index contributed by atoms with van der Waals surface area (Å²) in [5, 5.41) is 30.9. The van der Waals surface area contributed by atoms with Gasteiger partial charge in [-0.05, 0) is 24.3 Å². The molecule has 154 valence electrons. The summed E-state index contributed by atoms with van der Waals surface area (Å²) in [7, 11) is 1.55. The van der Waals surface area contributed by atoms with Crippen molar-refractivity contribution in [3.05, 3.63) is 93.0 Å². The number of hydrogen-bond acceptors (Lipinski definition) is 7. The first-order valence-corrected chi connectivity index (χ1v) is 9.07. The molecule has 0 atom stereocenters. The molecule has 0 unspecified atom stereocenters. The molecule has 0 aliphatic carbocycles. The molecule has 0 saturated heterocycles. The summed E-state index contributed by atoms with van der Waals surface area (Å²) in [4.78, 5) is 21.5. The van der Waals surface area contributed by atoms with Gasteiger partial charge in [-0.3, -0.25) is 24.8 Å². The van der Waals surface area contributed by atoms with E-state index in [-0.39, 0.29) is 11.4 Å². The second-order valence-corrected chi connectivity index (χ2v) is 6.50. The van der Waals surface area contributed by atoms with Crippen molar-refractivity contribution in [1.82, 2.24) is 14.8 Å². The second kappa shape index (κ2) is 8.03. The number of rotatable bonds is 6. The Balaban J connectivity index is 1.94. The molecular formula is C21H15N5O5. The minimum absolute atomic E-state index is 0.0846. The van der Waals surface area contributed by atoms with Crippen LogP contribution in [0.3, 0.4) is 0 Å². The lowest BCUT2D eigenvalue weighted by atomic mass is 10.1. The quantitative estimate of drug-likeness (QED) is 0.335. The Hall–Kier alpha value is -4.60. The summed E-state index contributed by atoms with van der Waals surface area (Å²) >= 11 is 0. The van der Waals surface area contributed by atoms with Crippen LogP contribution in [0.1, 0.15) is 0 Å². The molecule has 0 bridgehead atoms. The normalized spacial score (nSPS) is 10.6. The number of non-ortho nitro benzene ring substituents is 2. The molecule has 0 fully saturated rings. The Kier molecular flexibility index (Phi) is 5.10. The Morgan fingerprint density at radius 1 is 0.774 bits per heavy atom. The van der Waals surface area contributed by atoms with Crippen LogP contribution in [0, 0.1) is 20.2 Å². The lowest BCUT2D eigenvalue weighted by Crippen LogP contribution is -2.01. The molecule has 0 saturated carbocycles. The molecule has 1 aromatic heterocycles. The number of nitro benzene ring substituents is 2. The fourth-order valence-electron chi connectivity index (χ4n) is 3.15. The molecule has 1 heterocycles. The van der Waals surface area contributed by atoms with E-state index in [0.717, 1.165) is 0 Å². The molecule has 31 heavy (non-hydrogen) atoms. The van der Waals surface area contributed by atoms with Crippen molar-refractivity contribution in [1.29, 1.82) is 0 Å². The molecule has 0 N–H and O–H groups in total. The lowest BCUT2D eigenvalue weighted by Gasteiger charge is -2.11. The van der Waals surface area contributed by atoms with Gasteiger partial charge in [0.05, 0.1) is 17.0 Å². The van der Waals surface area contributed by atoms with Crippen LogP contribution in [0.5, 0.6) is 5.75 Å². The maximum absolute atomic E-state index is 11.2. The van der Waals surface area contributed by atoms with Crippen molar-refractivity contribution in [3.8, 4) is 34.2 Å². The fourth-order valence-corrected chi connectivity index (χ4v) is 3.15. The zero-order valence-electron chi connectivity index (χ0n) is 16.2. The van der Waals surface area contributed by atoms with E-state index in [0.29, 0.717) is 34.2 Å². The minimum atomic E-state index is -0.487. The average Bonchev–Trinajstić information content (AvgIpc) is 3.24. The molecule has 4 rings (SSSR count). The van der Waals surface area contributed by atoms with Gasteiger partial charge in [-0.25, -0.2) is 0 Å². The molecule has 10 heteroatoms. The molecule has 0 aliphatic rings.